The molecule has 1 heterocycles. The molecule has 42 heavy (non-hydrogen) atoms. The van der Waals surface area contributed by atoms with Crippen molar-refractivity contribution in [2.75, 3.05) is 30.9 Å². The van der Waals surface area contributed by atoms with E-state index in [9.17, 15) is 22.4 Å². The Hall–Kier alpha value is -4.17. The molecule has 1 aliphatic heterocycles. The maximum atomic E-state index is 15.3. The molecule has 0 radical (unpaired) electrons. The van der Waals surface area contributed by atoms with E-state index in [1.165, 1.54) is 30.0 Å². The molecule has 0 bridgehead atoms. The van der Waals surface area contributed by atoms with E-state index in [0.29, 0.717) is 16.3 Å². The number of methoxy groups -OCH3 is 1. The number of anilines is 2. The van der Waals surface area contributed by atoms with Gasteiger partial charge in [0.2, 0.25) is 0 Å². The molecule has 1 amide bonds. The summed E-state index contributed by atoms with van der Waals surface area (Å²) in [7, 11) is 0.560. The van der Waals surface area contributed by atoms with E-state index >= 15 is 4.39 Å². The number of hydrogen-bond donors (Lipinski definition) is 3. The van der Waals surface area contributed by atoms with E-state index in [0.717, 1.165) is 26.0 Å². The zero-order chi connectivity index (χ0) is 31.4. The van der Waals surface area contributed by atoms with Gasteiger partial charge < -0.3 is 25.0 Å². The van der Waals surface area contributed by atoms with Crippen LogP contribution in [0.5, 0.6) is 11.5 Å². The van der Waals surface area contributed by atoms with Crippen molar-refractivity contribution in [3.8, 4) is 11.5 Å². The summed E-state index contributed by atoms with van der Waals surface area (Å²) >= 11 is 0. The van der Waals surface area contributed by atoms with Crippen molar-refractivity contribution in [1.82, 2.24) is 15.0 Å². The number of aldehydes is 1. The summed E-state index contributed by atoms with van der Waals surface area (Å²) in [6.07, 6.45) is 1.98. The quantitative estimate of drug-likeness (QED) is 0.115. The van der Waals surface area contributed by atoms with E-state index in [-0.39, 0.29) is 45.9 Å². The minimum Gasteiger partial charge on any atom is -0.490 e. The normalized spacial score (nSPS) is 16.2. The molecule has 1 aliphatic carbocycles. The summed E-state index contributed by atoms with van der Waals surface area (Å²) in [6, 6.07) is 6.81. The maximum Gasteiger partial charge on any atom is 0.334 e. The Kier molecular flexibility index (Phi) is 10.2. The molecular formula is C28H35F2N5O6S. The summed E-state index contributed by atoms with van der Waals surface area (Å²) in [5.74, 6) is -3.11. The van der Waals surface area contributed by atoms with Gasteiger partial charge in [-0.25, -0.2) is 8.78 Å². The van der Waals surface area contributed by atoms with E-state index in [4.69, 9.17) is 9.47 Å². The number of hydrogen-bond acceptors (Lipinski definition) is 8. The van der Waals surface area contributed by atoms with Crippen molar-refractivity contribution < 1.29 is 36.3 Å². The van der Waals surface area contributed by atoms with E-state index < -0.39 is 33.5 Å². The van der Waals surface area contributed by atoms with E-state index in [1.54, 1.807) is 27.1 Å². The van der Waals surface area contributed by atoms with E-state index in [2.05, 4.69) is 10.6 Å². The number of aryl methyl sites for hydroxylation is 1. The highest BCUT2D eigenvalue weighted by Gasteiger charge is 2.43. The number of carbonyl (C=O) groups is 2. The lowest BCUT2D eigenvalue weighted by atomic mass is 10.1. The minimum atomic E-state index is -3.81. The Balaban J connectivity index is 0.00000237. The molecule has 228 valence electrons. The molecule has 2 aromatic carbocycles. The van der Waals surface area contributed by atoms with Crippen LogP contribution in [0.4, 0.5) is 20.2 Å². The smallest absolute Gasteiger partial charge is 0.334 e. The number of benzene rings is 2. The molecule has 3 N–H and O–H groups in total. The number of amides is 1. The Bertz CT molecular complexity index is 1540. The molecule has 2 aromatic rings. The Labute approximate surface area is 244 Å². The lowest BCUT2D eigenvalue weighted by molar-refractivity contribution is -0.117. The van der Waals surface area contributed by atoms with Crippen LogP contribution in [0.3, 0.4) is 0 Å². The van der Waals surface area contributed by atoms with Crippen LogP contribution in [0.25, 0.3) is 0 Å². The van der Waals surface area contributed by atoms with Gasteiger partial charge in [-0.15, -0.1) is 0 Å². The SMILES string of the molecule is CC.COc1c(OC(=C(\C)C=O)/C(C(=O)NC2CC2)=C(/Nc2ccc(C)cc2F)N(C)C)ccc(N2NS2(=O)=O)c1F. The van der Waals surface area contributed by atoms with Crippen molar-refractivity contribution in [3.05, 3.63) is 70.3 Å². The minimum absolute atomic E-state index is 0.0341. The fourth-order valence-electron chi connectivity index (χ4n) is 3.76. The highest BCUT2D eigenvalue weighted by atomic mass is 32.2. The third kappa shape index (κ3) is 7.18. The number of allylic oxidation sites excluding steroid dienone is 1. The van der Waals surface area contributed by atoms with Crippen LogP contribution in [0.15, 0.2) is 53.1 Å². The molecule has 0 unspecified atom stereocenters. The molecule has 2 aliphatic rings. The zero-order valence-corrected chi connectivity index (χ0v) is 25.3. The molecule has 0 atom stereocenters. The lowest BCUT2D eigenvalue weighted by Crippen LogP contribution is -2.34. The monoisotopic (exact) mass is 607 g/mol. The number of ether oxygens (including phenoxy) is 2. The predicted octanol–water partition coefficient (Wildman–Crippen LogP) is 3.89. The summed E-state index contributed by atoms with van der Waals surface area (Å²) in [6.45, 7) is 7.13. The largest absolute Gasteiger partial charge is 0.490 e. The molecule has 4 rings (SSSR count). The topological polar surface area (TPSA) is 139 Å². The third-order valence-corrected chi connectivity index (χ3v) is 7.05. The highest BCUT2D eigenvalue weighted by Crippen LogP contribution is 2.41. The Morgan fingerprint density at radius 1 is 1.17 bits per heavy atom. The Morgan fingerprint density at radius 3 is 2.31 bits per heavy atom. The van der Waals surface area contributed by atoms with Gasteiger partial charge in [0, 0.05) is 25.7 Å². The van der Waals surface area contributed by atoms with Gasteiger partial charge in [-0.2, -0.15) is 12.8 Å². The van der Waals surface area contributed by atoms with Crippen LogP contribution in [-0.2, 0) is 19.8 Å². The van der Waals surface area contributed by atoms with Gasteiger partial charge in [0.15, 0.2) is 17.3 Å². The molecule has 1 saturated heterocycles. The second-order valence-electron chi connectivity index (χ2n) is 9.50. The first kappa shape index (κ1) is 32.3. The van der Waals surface area contributed by atoms with Crippen LogP contribution in [0.2, 0.25) is 0 Å². The summed E-state index contributed by atoms with van der Waals surface area (Å²) in [5.41, 5.74) is 0.231. The third-order valence-electron chi connectivity index (χ3n) is 6.05. The van der Waals surface area contributed by atoms with Gasteiger partial charge in [0.1, 0.15) is 34.9 Å². The van der Waals surface area contributed by atoms with Gasteiger partial charge in [-0.1, -0.05) is 24.7 Å². The van der Waals surface area contributed by atoms with Gasteiger partial charge in [-0.3, -0.25) is 9.59 Å². The van der Waals surface area contributed by atoms with E-state index in [1.807, 2.05) is 18.7 Å². The predicted molar refractivity (Wildman–Crippen MR) is 155 cm³/mol. The highest BCUT2D eigenvalue weighted by molar-refractivity contribution is 7.97. The molecular weight excluding hydrogens is 572 g/mol. The van der Waals surface area contributed by atoms with Crippen molar-refractivity contribution in [1.29, 1.82) is 0 Å². The number of halogens is 2. The summed E-state index contributed by atoms with van der Waals surface area (Å²) in [5, 5.41) is 5.78. The summed E-state index contributed by atoms with van der Waals surface area (Å²) in [4.78, 5) is 29.2. The van der Waals surface area contributed by atoms with Crippen molar-refractivity contribution in [2.45, 2.75) is 46.6 Å². The van der Waals surface area contributed by atoms with Crippen LogP contribution >= 0.6 is 0 Å². The zero-order valence-electron chi connectivity index (χ0n) is 24.5. The Morgan fingerprint density at radius 2 is 1.81 bits per heavy atom. The van der Waals surface area contributed by atoms with Crippen LogP contribution in [0, 0.1) is 18.6 Å². The van der Waals surface area contributed by atoms with Gasteiger partial charge in [-0.05, 0) is 56.5 Å². The molecule has 1 saturated carbocycles. The first-order chi connectivity index (χ1) is 19.9. The number of hydrazine groups is 1. The lowest BCUT2D eigenvalue weighted by Gasteiger charge is -2.26. The molecule has 0 spiro atoms. The second-order valence-corrected chi connectivity index (χ2v) is 11.0. The van der Waals surface area contributed by atoms with Gasteiger partial charge >= 0.3 is 10.2 Å². The second kappa shape index (κ2) is 13.2. The van der Waals surface area contributed by atoms with Gasteiger partial charge in [0.05, 0.1) is 12.8 Å². The standard InChI is InChI=1S/C26H29F2N5O6S.C2H6/c1-14-6-9-18(17(27)12-14)30-25(32(3)4)21(26(35)29-16-7-8-16)23(15(2)13-34)39-20-11-10-19(22(28)24(20)38-5)33-31-40(33,36)37;1-2/h6,9-13,16,30-31H,7-8H2,1-5H3,(H,29,35);1-2H3/b23-15+,25-21+;. The molecule has 11 nitrogen and oxygen atoms in total. The molecule has 2 fully saturated rings. The fraction of sp³-hybridized carbons (Fsp3) is 0.357. The number of carbonyl (C=O) groups excluding carboxylic acids is 2. The molecule has 0 aromatic heterocycles. The molecule has 14 heteroatoms. The van der Waals surface area contributed by atoms with Gasteiger partial charge in [0.25, 0.3) is 5.91 Å². The maximum absolute atomic E-state index is 15.3. The summed E-state index contributed by atoms with van der Waals surface area (Å²) < 4.78 is 65.2. The van der Waals surface area contributed by atoms with Crippen molar-refractivity contribution in [3.63, 3.8) is 0 Å². The van der Waals surface area contributed by atoms with Crippen LogP contribution in [0.1, 0.15) is 39.2 Å². The average molecular weight is 608 g/mol. The fourth-order valence-corrected chi connectivity index (χ4v) is 4.62. The number of nitrogens with zero attached hydrogens (tertiary/aromatic N) is 2. The average Bonchev–Trinajstić information content (AvgIpc) is 3.87. The number of rotatable bonds is 11. The first-order valence-corrected chi connectivity index (χ1v) is 14.6. The first-order valence-electron chi connectivity index (χ1n) is 13.2. The van der Waals surface area contributed by atoms with Crippen molar-refractivity contribution >= 4 is 33.8 Å². The van der Waals surface area contributed by atoms with Crippen LogP contribution in [-0.4, -0.2) is 52.8 Å². The van der Waals surface area contributed by atoms with Crippen LogP contribution < -0.4 is 29.4 Å². The number of nitrogens with one attached hydrogen (secondary N) is 3. The van der Waals surface area contributed by atoms with Crippen molar-refractivity contribution in [2.24, 2.45) is 0 Å².